The zero-order valence-corrected chi connectivity index (χ0v) is 14.8. The molecule has 3 saturated heterocycles. The fourth-order valence-electron chi connectivity index (χ4n) is 3.24. The third-order valence-electron chi connectivity index (χ3n) is 4.02. The topological polar surface area (TPSA) is 75.6 Å². The van der Waals surface area contributed by atoms with E-state index >= 15 is 0 Å². The molecule has 0 amide bonds. The fraction of sp³-hybridized carbons (Fsp3) is 0.882. The molecule has 7 heteroatoms. The van der Waals surface area contributed by atoms with Gasteiger partial charge in [-0.2, -0.15) is 0 Å². The van der Waals surface area contributed by atoms with Crippen LogP contribution in [0, 0.1) is 11.8 Å². The van der Waals surface area contributed by atoms with Crippen molar-refractivity contribution in [3.05, 3.63) is 0 Å². The Hall–Kier alpha value is -0.720. The van der Waals surface area contributed by atoms with Crippen LogP contribution in [0.2, 0.25) is 0 Å². The largest absolute Gasteiger partial charge is 0.381 e. The second kappa shape index (κ2) is 6.54. The molecule has 0 aromatic rings. The summed E-state index contributed by atoms with van der Waals surface area (Å²) in [6.07, 6.45) is -2.44. The maximum Gasteiger partial charge on any atom is 0.190 e. The summed E-state index contributed by atoms with van der Waals surface area (Å²) in [4.78, 5) is 0. The molecule has 0 radical (unpaired) electrons. The van der Waals surface area contributed by atoms with E-state index in [1.165, 1.54) is 0 Å². The van der Waals surface area contributed by atoms with Crippen molar-refractivity contribution in [3.8, 4) is 11.8 Å². The second-order valence-electron chi connectivity index (χ2n) is 7.22. The second-order valence-corrected chi connectivity index (χ2v) is 7.22. The number of hydrogen-bond donors (Lipinski definition) is 1. The molecule has 0 saturated carbocycles. The van der Waals surface area contributed by atoms with Crippen molar-refractivity contribution in [2.24, 2.45) is 0 Å². The van der Waals surface area contributed by atoms with E-state index in [0.717, 1.165) is 0 Å². The van der Waals surface area contributed by atoms with E-state index in [4.69, 9.17) is 33.5 Å². The predicted molar refractivity (Wildman–Crippen MR) is 82.8 cm³/mol. The molecule has 1 N–H and O–H groups in total. The van der Waals surface area contributed by atoms with Crippen LogP contribution in [0.15, 0.2) is 0 Å². The van der Waals surface area contributed by atoms with Gasteiger partial charge in [0, 0.05) is 0 Å². The zero-order valence-electron chi connectivity index (χ0n) is 14.8. The van der Waals surface area contributed by atoms with E-state index in [9.17, 15) is 0 Å². The van der Waals surface area contributed by atoms with Crippen molar-refractivity contribution >= 4 is 0 Å². The Labute approximate surface area is 142 Å². The molecule has 3 aliphatic rings. The summed E-state index contributed by atoms with van der Waals surface area (Å²) in [6, 6.07) is 0. The van der Waals surface area contributed by atoms with E-state index in [1.807, 2.05) is 27.7 Å². The molecule has 0 unspecified atom stereocenters. The van der Waals surface area contributed by atoms with Gasteiger partial charge >= 0.3 is 0 Å². The first-order chi connectivity index (χ1) is 11.2. The first-order valence-corrected chi connectivity index (χ1v) is 8.28. The molecule has 3 aliphatic heterocycles. The highest BCUT2D eigenvalue weighted by Gasteiger charge is 2.60. The quantitative estimate of drug-likeness (QED) is 0.600. The molecule has 3 fully saturated rings. The molecular weight excluding hydrogens is 316 g/mol. The Balaban J connectivity index is 1.66. The Morgan fingerprint density at radius 3 is 2.33 bits per heavy atom. The summed E-state index contributed by atoms with van der Waals surface area (Å²) in [5, 5.41) is 9.11. The van der Waals surface area contributed by atoms with Crippen LogP contribution in [-0.4, -0.2) is 66.7 Å². The van der Waals surface area contributed by atoms with Gasteiger partial charge in [0.2, 0.25) is 0 Å². The molecule has 7 nitrogen and oxygen atoms in total. The van der Waals surface area contributed by atoms with Gasteiger partial charge < -0.3 is 33.5 Å². The summed E-state index contributed by atoms with van der Waals surface area (Å²) in [6.45, 7) is 9.54. The van der Waals surface area contributed by atoms with Crippen LogP contribution in [0.1, 0.15) is 34.6 Å². The minimum atomic E-state index is -0.728. The van der Waals surface area contributed by atoms with Crippen molar-refractivity contribution in [2.45, 2.75) is 83.0 Å². The average Bonchev–Trinajstić information content (AvgIpc) is 2.92. The van der Waals surface area contributed by atoms with Gasteiger partial charge in [0.15, 0.2) is 17.9 Å². The van der Waals surface area contributed by atoms with Gasteiger partial charge in [-0.05, 0) is 34.6 Å². The molecule has 3 rings (SSSR count). The standard InChI is InChI=1S/C17H26O7/c1-10(18)7-6-8-19-9-11-12-13(22-16(2,3)21-12)14-15(20-11)24-17(4,5)23-14/h10-15,18H,8-9H2,1-5H3/t10-,11-,12+,13+,14-,15-/m1/s1. The number of aliphatic hydroxyl groups excluding tert-OH is 1. The summed E-state index contributed by atoms with van der Waals surface area (Å²) in [5.41, 5.74) is 0. The molecule has 0 spiro atoms. The van der Waals surface area contributed by atoms with E-state index in [0.29, 0.717) is 6.61 Å². The van der Waals surface area contributed by atoms with Crippen LogP contribution in [0.4, 0.5) is 0 Å². The van der Waals surface area contributed by atoms with E-state index in [1.54, 1.807) is 6.92 Å². The Morgan fingerprint density at radius 2 is 1.62 bits per heavy atom. The van der Waals surface area contributed by atoms with Crippen LogP contribution in [-0.2, 0) is 28.4 Å². The molecule has 6 atom stereocenters. The van der Waals surface area contributed by atoms with Crippen molar-refractivity contribution in [3.63, 3.8) is 0 Å². The molecule has 136 valence electrons. The Kier molecular flexibility index (Phi) is 4.93. The first-order valence-electron chi connectivity index (χ1n) is 8.28. The zero-order chi connectivity index (χ0) is 17.5. The number of aliphatic hydroxyl groups is 1. The lowest BCUT2D eigenvalue weighted by molar-refractivity contribution is -0.242. The molecule has 24 heavy (non-hydrogen) atoms. The minimum Gasteiger partial charge on any atom is -0.381 e. The smallest absolute Gasteiger partial charge is 0.190 e. The van der Waals surface area contributed by atoms with E-state index in [2.05, 4.69) is 11.8 Å². The molecule has 0 aliphatic carbocycles. The highest BCUT2D eigenvalue weighted by molar-refractivity contribution is 5.03. The highest BCUT2D eigenvalue weighted by Crippen LogP contribution is 2.44. The van der Waals surface area contributed by atoms with Gasteiger partial charge in [0.05, 0.1) is 6.61 Å². The number of ether oxygens (including phenoxy) is 6. The number of hydrogen-bond acceptors (Lipinski definition) is 7. The van der Waals surface area contributed by atoms with Gasteiger partial charge in [0.1, 0.15) is 37.1 Å². The maximum atomic E-state index is 9.11. The van der Waals surface area contributed by atoms with Crippen LogP contribution in [0.25, 0.3) is 0 Å². The van der Waals surface area contributed by atoms with Crippen molar-refractivity contribution in [2.75, 3.05) is 13.2 Å². The molecule has 0 aromatic heterocycles. The van der Waals surface area contributed by atoms with Crippen LogP contribution < -0.4 is 0 Å². The summed E-state index contributed by atoms with van der Waals surface area (Å²) in [7, 11) is 0. The lowest BCUT2D eigenvalue weighted by atomic mass is 9.99. The normalized spacial score (nSPS) is 40.3. The monoisotopic (exact) mass is 342 g/mol. The third-order valence-corrected chi connectivity index (χ3v) is 4.02. The lowest BCUT2D eigenvalue weighted by Crippen LogP contribution is -2.56. The highest BCUT2D eigenvalue weighted by atomic mass is 16.9. The van der Waals surface area contributed by atoms with Gasteiger partial charge in [-0.1, -0.05) is 11.8 Å². The van der Waals surface area contributed by atoms with Gasteiger partial charge in [0.25, 0.3) is 0 Å². The number of rotatable bonds is 3. The summed E-state index contributed by atoms with van der Waals surface area (Å²) >= 11 is 0. The Morgan fingerprint density at radius 1 is 1.00 bits per heavy atom. The van der Waals surface area contributed by atoms with Crippen molar-refractivity contribution in [1.82, 2.24) is 0 Å². The first kappa shape index (κ1) is 18.1. The fourth-order valence-corrected chi connectivity index (χ4v) is 3.24. The predicted octanol–water partition coefficient (Wildman–Crippen LogP) is 0.784. The van der Waals surface area contributed by atoms with Crippen LogP contribution in [0.3, 0.4) is 0 Å². The third kappa shape index (κ3) is 3.92. The lowest BCUT2D eigenvalue weighted by Gasteiger charge is -2.37. The van der Waals surface area contributed by atoms with Crippen LogP contribution in [0.5, 0.6) is 0 Å². The van der Waals surface area contributed by atoms with Crippen molar-refractivity contribution in [1.29, 1.82) is 0 Å². The van der Waals surface area contributed by atoms with Crippen LogP contribution >= 0.6 is 0 Å². The SMILES string of the molecule is C[C@@H](O)C#CCOC[C@H]1O[C@@H]2OC(C)(C)O[C@@H]2[C@H]2OC(C)(C)O[C@H]21. The van der Waals surface area contributed by atoms with Gasteiger partial charge in [-0.3, -0.25) is 0 Å². The molecular formula is C17H26O7. The maximum absolute atomic E-state index is 9.11. The summed E-state index contributed by atoms with van der Waals surface area (Å²) in [5.74, 6) is 3.94. The summed E-state index contributed by atoms with van der Waals surface area (Å²) < 4.78 is 35.3. The van der Waals surface area contributed by atoms with Gasteiger partial charge in [-0.25, -0.2) is 0 Å². The molecule has 0 bridgehead atoms. The van der Waals surface area contributed by atoms with E-state index in [-0.39, 0.29) is 31.0 Å². The minimum absolute atomic E-state index is 0.212. The van der Waals surface area contributed by atoms with E-state index < -0.39 is 24.0 Å². The molecule has 3 heterocycles. The van der Waals surface area contributed by atoms with Gasteiger partial charge in [-0.15, -0.1) is 0 Å². The average molecular weight is 342 g/mol. The van der Waals surface area contributed by atoms with Crippen molar-refractivity contribution < 1.29 is 33.5 Å². The number of fused-ring (bicyclic) bond motifs is 3. The Bertz CT molecular complexity index is 519. The molecule has 0 aromatic carbocycles.